The van der Waals surface area contributed by atoms with Crippen molar-refractivity contribution in [2.45, 2.75) is 29.7 Å². The monoisotopic (exact) mass is 374 g/mol. The summed E-state index contributed by atoms with van der Waals surface area (Å²) in [5, 5.41) is 11.1. The Balaban J connectivity index is 1.46. The van der Waals surface area contributed by atoms with Gasteiger partial charge >= 0.3 is 0 Å². The summed E-state index contributed by atoms with van der Waals surface area (Å²) >= 11 is 3.21. The van der Waals surface area contributed by atoms with Crippen molar-refractivity contribution in [2.24, 2.45) is 0 Å². The molecule has 4 rings (SSSR count). The number of aromatic amines is 1. The second-order valence-electron chi connectivity index (χ2n) is 5.78. The minimum Gasteiger partial charge on any atom is -0.497 e. The summed E-state index contributed by atoms with van der Waals surface area (Å²) in [5.41, 5.74) is 1.99. The fourth-order valence-corrected chi connectivity index (χ4v) is 4.13. The molecule has 1 aromatic carbocycles. The quantitative estimate of drug-likeness (QED) is 0.627. The Kier molecular flexibility index (Phi) is 4.63. The van der Waals surface area contributed by atoms with E-state index in [9.17, 15) is 0 Å². The van der Waals surface area contributed by atoms with Crippen LogP contribution in [0.3, 0.4) is 0 Å². The third-order valence-corrected chi connectivity index (χ3v) is 5.79. The molecule has 1 N–H and O–H groups in total. The molecule has 1 saturated carbocycles. The molecule has 0 spiro atoms. The molecule has 0 saturated heterocycles. The van der Waals surface area contributed by atoms with Gasteiger partial charge in [-0.3, -0.25) is 5.10 Å². The highest BCUT2D eigenvalue weighted by atomic mass is 32.2. The molecule has 1 aliphatic carbocycles. The molecule has 0 unspecified atom stereocenters. The first kappa shape index (κ1) is 16.4. The zero-order valence-corrected chi connectivity index (χ0v) is 15.6. The lowest BCUT2D eigenvalue weighted by Crippen LogP contribution is -1.90. The first-order valence-corrected chi connectivity index (χ1v) is 9.85. The summed E-state index contributed by atoms with van der Waals surface area (Å²) in [6, 6.07) is 5.77. The maximum atomic E-state index is 5.47. The number of nitrogens with one attached hydrogen (secondary N) is 1. The van der Waals surface area contributed by atoms with Crippen molar-refractivity contribution < 1.29 is 9.47 Å². The van der Waals surface area contributed by atoms with Crippen LogP contribution in [-0.2, 0) is 5.75 Å². The largest absolute Gasteiger partial charge is 0.497 e. The third-order valence-electron chi connectivity index (χ3n) is 3.99. The fourth-order valence-electron chi connectivity index (χ4n) is 2.47. The highest BCUT2D eigenvalue weighted by Gasteiger charge is 2.27. The van der Waals surface area contributed by atoms with Crippen LogP contribution < -0.4 is 9.47 Å². The number of nitrogens with zero attached hydrogens (tertiary/aromatic N) is 3. The first-order chi connectivity index (χ1) is 12.3. The molecule has 6 nitrogen and oxygen atoms in total. The maximum absolute atomic E-state index is 5.47. The normalized spacial score (nSPS) is 13.8. The summed E-state index contributed by atoms with van der Waals surface area (Å²) in [5.74, 6) is 3.89. The van der Waals surface area contributed by atoms with Crippen LogP contribution >= 0.6 is 23.1 Å². The molecule has 0 amide bonds. The fraction of sp³-hybridized carbons (Fsp3) is 0.353. The zero-order valence-electron chi connectivity index (χ0n) is 14.0. The van der Waals surface area contributed by atoms with E-state index >= 15 is 0 Å². The predicted molar refractivity (Wildman–Crippen MR) is 98.6 cm³/mol. The van der Waals surface area contributed by atoms with Gasteiger partial charge in [0.1, 0.15) is 22.3 Å². The summed E-state index contributed by atoms with van der Waals surface area (Å²) in [4.78, 5) is 9.26. The summed E-state index contributed by atoms with van der Waals surface area (Å²) < 4.78 is 10.7. The first-order valence-electron chi connectivity index (χ1n) is 7.98. The SMILES string of the molecule is COc1ccc(-c2nc(CSc3n[nH]c(C4CC4)n3)cs2)c(OC)c1. The van der Waals surface area contributed by atoms with E-state index in [4.69, 9.17) is 14.5 Å². The van der Waals surface area contributed by atoms with Gasteiger partial charge in [-0.05, 0) is 25.0 Å². The summed E-state index contributed by atoms with van der Waals surface area (Å²) in [7, 11) is 3.30. The van der Waals surface area contributed by atoms with Gasteiger partial charge in [0.2, 0.25) is 5.16 Å². The molecule has 0 atom stereocenters. The number of aromatic nitrogens is 4. The number of hydrogen-bond donors (Lipinski definition) is 1. The van der Waals surface area contributed by atoms with Crippen molar-refractivity contribution in [3.63, 3.8) is 0 Å². The molecule has 1 aliphatic rings. The molecular weight excluding hydrogens is 356 g/mol. The lowest BCUT2D eigenvalue weighted by Gasteiger charge is -2.08. The van der Waals surface area contributed by atoms with Crippen LogP contribution in [0.2, 0.25) is 0 Å². The van der Waals surface area contributed by atoms with E-state index in [1.54, 1.807) is 37.3 Å². The molecule has 1 fully saturated rings. The predicted octanol–water partition coefficient (Wildman–Crippen LogP) is 4.12. The summed E-state index contributed by atoms with van der Waals surface area (Å²) in [6.45, 7) is 0. The number of benzene rings is 1. The molecule has 130 valence electrons. The van der Waals surface area contributed by atoms with Gasteiger partial charge in [-0.2, -0.15) is 0 Å². The van der Waals surface area contributed by atoms with Gasteiger partial charge in [0.05, 0.1) is 25.5 Å². The van der Waals surface area contributed by atoms with Gasteiger partial charge in [-0.25, -0.2) is 9.97 Å². The Labute approximate surface area is 154 Å². The second-order valence-corrected chi connectivity index (χ2v) is 7.58. The highest BCUT2D eigenvalue weighted by molar-refractivity contribution is 7.98. The average Bonchev–Trinajstić information content (AvgIpc) is 3.20. The Morgan fingerprint density at radius 1 is 1.24 bits per heavy atom. The van der Waals surface area contributed by atoms with Crippen molar-refractivity contribution in [3.8, 4) is 22.1 Å². The van der Waals surface area contributed by atoms with Gasteiger partial charge < -0.3 is 9.47 Å². The topological polar surface area (TPSA) is 72.9 Å². The minimum atomic E-state index is 0.593. The number of thiazole rings is 1. The van der Waals surface area contributed by atoms with Crippen molar-refractivity contribution in [3.05, 3.63) is 35.1 Å². The Morgan fingerprint density at radius 3 is 2.88 bits per heavy atom. The van der Waals surface area contributed by atoms with Crippen molar-refractivity contribution >= 4 is 23.1 Å². The van der Waals surface area contributed by atoms with Gasteiger partial charge in [0, 0.05) is 23.1 Å². The lowest BCUT2D eigenvalue weighted by atomic mass is 10.2. The number of ether oxygens (including phenoxy) is 2. The molecule has 0 bridgehead atoms. The van der Waals surface area contributed by atoms with Crippen LogP contribution in [0.4, 0.5) is 0 Å². The van der Waals surface area contributed by atoms with Gasteiger partial charge in [0.25, 0.3) is 0 Å². The van der Waals surface area contributed by atoms with E-state index in [-0.39, 0.29) is 0 Å². The molecular formula is C17H18N4O2S2. The smallest absolute Gasteiger partial charge is 0.208 e. The number of rotatable bonds is 7. The van der Waals surface area contributed by atoms with Crippen LogP contribution in [-0.4, -0.2) is 34.4 Å². The average molecular weight is 374 g/mol. The van der Waals surface area contributed by atoms with E-state index in [1.807, 2.05) is 18.2 Å². The van der Waals surface area contributed by atoms with E-state index in [2.05, 4.69) is 20.6 Å². The van der Waals surface area contributed by atoms with E-state index in [0.717, 1.165) is 44.5 Å². The molecule has 0 aliphatic heterocycles. The number of H-pyrrole nitrogens is 1. The van der Waals surface area contributed by atoms with Gasteiger partial charge in [-0.1, -0.05) is 11.8 Å². The zero-order chi connectivity index (χ0) is 17.2. The van der Waals surface area contributed by atoms with Crippen LogP contribution in [0, 0.1) is 0 Å². The highest BCUT2D eigenvalue weighted by Crippen LogP contribution is 2.39. The van der Waals surface area contributed by atoms with Gasteiger partial charge in [-0.15, -0.1) is 16.4 Å². The van der Waals surface area contributed by atoms with Crippen molar-refractivity contribution in [1.82, 2.24) is 20.2 Å². The van der Waals surface area contributed by atoms with E-state index in [1.165, 1.54) is 12.8 Å². The molecule has 2 aromatic heterocycles. The number of hydrogen-bond acceptors (Lipinski definition) is 7. The van der Waals surface area contributed by atoms with Crippen molar-refractivity contribution in [2.75, 3.05) is 14.2 Å². The minimum absolute atomic E-state index is 0.593. The van der Waals surface area contributed by atoms with Crippen LogP contribution in [0.15, 0.2) is 28.7 Å². The second kappa shape index (κ2) is 7.05. The van der Waals surface area contributed by atoms with Crippen LogP contribution in [0.5, 0.6) is 11.5 Å². The number of methoxy groups -OCH3 is 2. The Bertz CT molecular complexity index is 873. The summed E-state index contributed by atoms with van der Waals surface area (Å²) in [6.07, 6.45) is 2.44. The Morgan fingerprint density at radius 2 is 2.12 bits per heavy atom. The molecule has 3 aromatic rings. The molecule has 2 heterocycles. The lowest BCUT2D eigenvalue weighted by molar-refractivity contribution is 0.395. The standard InChI is InChI=1S/C17H18N4O2S2/c1-22-12-5-6-13(14(7-12)23-2)16-18-11(8-24-16)9-25-17-19-15(20-21-17)10-3-4-10/h5-8,10H,3-4,9H2,1-2H3,(H,19,20,21). The maximum Gasteiger partial charge on any atom is 0.208 e. The third kappa shape index (κ3) is 3.64. The molecule has 0 radical (unpaired) electrons. The van der Waals surface area contributed by atoms with Crippen LogP contribution in [0.1, 0.15) is 30.3 Å². The van der Waals surface area contributed by atoms with E-state index in [0.29, 0.717) is 5.92 Å². The molecule has 8 heteroatoms. The van der Waals surface area contributed by atoms with Crippen molar-refractivity contribution in [1.29, 1.82) is 0 Å². The van der Waals surface area contributed by atoms with Crippen LogP contribution in [0.25, 0.3) is 10.6 Å². The van der Waals surface area contributed by atoms with Gasteiger partial charge in [0.15, 0.2) is 0 Å². The van der Waals surface area contributed by atoms with E-state index < -0.39 is 0 Å². The Hall–Kier alpha value is -2.06. The molecule has 25 heavy (non-hydrogen) atoms. The number of thioether (sulfide) groups is 1.